The minimum atomic E-state index is 0. The van der Waals surface area contributed by atoms with Gasteiger partial charge in [0, 0.05) is 20.1 Å². The number of likely N-dealkylation sites (tertiary alicyclic amines) is 1. The van der Waals surface area contributed by atoms with Crippen molar-refractivity contribution in [3.05, 3.63) is 0 Å². The van der Waals surface area contributed by atoms with Crippen molar-refractivity contribution in [3.63, 3.8) is 0 Å². The molecule has 0 saturated carbocycles. The predicted molar refractivity (Wildman–Crippen MR) is 86.8 cm³/mol. The molecule has 0 atom stereocenters. The maximum Gasteiger partial charge on any atom is 0.00937 e. The first-order valence-corrected chi connectivity index (χ1v) is 8.43. The second-order valence-electron chi connectivity index (χ2n) is 6.09. The summed E-state index contributed by atoms with van der Waals surface area (Å²) in [5.41, 5.74) is 0. The first kappa shape index (κ1) is 16.9. The van der Waals surface area contributed by atoms with Crippen molar-refractivity contribution in [1.82, 2.24) is 15.5 Å². The van der Waals surface area contributed by atoms with Gasteiger partial charge in [0.05, 0.1) is 0 Å². The molecule has 0 aliphatic carbocycles. The molecular weight excluding hydrogens is 234 g/mol. The van der Waals surface area contributed by atoms with E-state index in [-0.39, 0.29) is 1.43 Å². The Labute approximate surface area is 122 Å². The molecule has 0 aromatic rings. The van der Waals surface area contributed by atoms with Crippen molar-refractivity contribution in [1.29, 1.82) is 0 Å². The molecule has 0 unspecified atom stereocenters. The number of piperidine rings is 2. The molecule has 2 fully saturated rings. The smallest absolute Gasteiger partial charge is 0.00937 e. The van der Waals surface area contributed by atoms with Crippen molar-refractivity contribution in [2.24, 2.45) is 5.92 Å². The molecule has 0 bridgehead atoms. The quantitative estimate of drug-likeness (QED) is 0.823. The molecule has 0 aromatic heterocycles. The molecule has 19 heavy (non-hydrogen) atoms. The van der Waals surface area contributed by atoms with Crippen LogP contribution in [-0.2, 0) is 0 Å². The Bertz CT molecular complexity index is 210. The van der Waals surface area contributed by atoms with E-state index in [2.05, 4.69) is 29.4 Å². The van der Waals surface area contributed by atoms with Gasteiger partial charge in [0.15, 0.2) is 0 Å². The van der Waals surface area contributed by atoms with E-state index in [4.69, 9.17) is 0 Å². The van der Waals surface area contributed by atoms with E-state index >= 15 is 0 Å². The van der Waals surface area contributed by atoms with E-state index in [0.29, 0.717) is 6.04 Å². The highest BCUT2D eigenvalue weighted by atomic mass is 15.1. The fraction of sp³-hybridized carbons (Fsp3) is 1.00. The largest absolute Gasteiger partial charge is 0.317 e. The molecule has 2 heterocycles. The maximum absolute atomic E-state index is 3.67. The Balaban J connectivity index is 0.00000115. The van der Waals surface area contributed by atoms with E-state index in [1.165, 1.54) is 58.4 Å². The van der Waals surface area contributed by atoms with Gasteiger partial charge in [-0.3, -0.25) is 0 Å². The van der Waals surface area contributed by atoms with Crippen molar-refractivity contribution >= 4 is 0 Å². The topological polar surface area (TPSA) is 27.3 Å². The van der Waals surface area contributed by atoms with Gasteiger partial charge in [-0.15, -0.1) is 0 Å². The van der Waals surface area contributed by atoms with Gasteiger partial charge in [0.1, 0.15) is 0 Å². The number of rotatable bonds is 4. The first-order valence-electron chi connectivity index (χ1n) is 8.43. The number of hydrogen-bond donors (Lipinski definition) is 2. The number of hydrogen-bond acceptors (Lipinski definition) is 3. The van der Waals surface area contributed by atoms with E-state index in [1.54, 1.807) is 0 Å². The Kier molecular flexibility index (Phi) is 8.67. The van der Waals surface area contributed by atoms with E-state index < -0.39 is 0 Å². The van der Waals surface area contributed by atoms with Crippen LogP contribution in [0.15, 0.2) is 0 Å². The highest BCUT2D eigenvalue weighted by Crippen LogP contribution is 2.17. The Morgan fingerprint density at radius 3 is 2.21 bits per heavy atom. The fourth-order valence-electron chi connectivity index (χ4n) is 3.18. The normalized spacial score (nSPS) is 23.2. The molecule has 2 saturated heterocycles. The zero-order valence-corrected chi connectivity index (χ0v) is 13.5. The second-order valence-corrected chi connectivity index (χ2v) is 6.09. The molecule has 0 amide bonds. The van der Waals surface area contributed by atoms with Crippen molar-refractivity contribution < 1.29 is 1.43 Å². The van der Waals surface area contributed by atoms with Crippen LogP contribution in [0.1, 0.15) is 54.8 Å². The molecule has 2 N–H and O–H groups in total. The Morgan fingerprint density at radius 2 is 1.68 bits per heavy atom. The highest BCUT2D eigenvalue weighted by molar-refractivity contribution is 4.80. The van der Waals surface area contributed by atoms with E-state index in [0.717, 1.165) is 12.0 Å². The van der Waals surface area contributed by atoms with Crippen molar-refractivity contribution in [2.45, 2.75) is 65.5 Å². The maximum atomic E-state index is 3.67. The van der Waals surface area contributed by atoms with Crippen LogP contribution in [0.3, 0.4) is 0 Å². The SMILES string of the molecule is CC.CC(C)NC1CCN(CC2CCNCC2)CC1.[HH]. The van der Waals surface area contributed by atoms with Gasteiger partial charge in [0.25, 0.3) is 0 Å². The molecule has 3 nitrogen and oxygen atoms in total. The van der Waals surface area contributed by atoms with Crippen LogP contribution in [0, 0.1) is 5.92 Å². The van der Waals surface area contributed by atoms with Crippen LogP contribution in [0.25, 0.3) is 0 Å². The average Bonchev–Trinajstić information content (AvgIpc) is 2.44. The lowest BCUT2D eigenvalue weighted by Gasteiger charge is -2.36. The van der Waals surface area contributed by atoms with Crippen LogP contribution in [0.2, 0.25) is 0 Å². The molecule has 2 aliphatic rings. The third kappa shape index (κ3) is 6.73. The number of nitrogens with zero attached hydrogens (tertiary/aromatic N) is 1. The summed E-state index contributed by atoms with van der Waals surface area (Å²) in [7, 11) is 0. The lowest BCUT2D eigenvalue weighted by molar-refractivity contribution is 0.156. The summed E-state index contributed by atoms with van der Waals surface area (Å²) in [6.45, 7) is 14.9. The van der Waals surface area contributed by atoms with Gasteiger partial charge in [-0.1, -0.05) is 27.7 Å². The van der Waals surface area contributed by atoms with Crippen LogP contribution in [-0.4, -0.2) is 49.7 Å². The molecule has 2 aliphatic heterocycles. The highest BCUT2D eigenvalue weighted by Gasteiger charge is 2.22. The van der Waals surface area contributed by atoms with E-state index in [9.17, 15) is 0 Å². The Hall–Kier alpha value is -0.120. The molecule has 2 rings (SSSR count). The van der Waals surface area contributed by atoms with Gasteiger partial charge in [0.2, 0.25) is 0 Å². The minimum absolute atomic E-state index is 0. The van der Waals surface area contributed by atoms with Crippen LogP contribution in [0.4, 0.5) is 0 Å². The van der Waals surface area contributed by atoms with Gasteiger partial charge in [-0.05, 0) is 57.8 Å². The summed E-state index contributed by atoms with van der Waals surface area (Å²) in [5.74, 6) is 0.950. The summed E-state index contributed by atoms with van der Waals surface area (Å²) in [5, 5.41) is 7.12. The lowest BCUT2D eigenvalue weighted by atomic mass is 9.95. The third-order valence-electron chi connectivity index (χ3n) is 4.13. The van der Waals surface area contributed by atoms with Crippen molar-refractivity contribution in [2.75, 3.05) is 32.7 Å². The zero-order chi connectivity index (χ0) is 14.1. The molecule has 0 radical (unpaired) electrons. The summed E-state index contributed by atoms with van der Waals surface area (Å²) in [4.78, 5) is 2.69. The summed E-state index contributed by atoms with van der Waals surface area (Å²) in [6, 6.07) is 1.40. The second kappa shape index (κ2) is 9.73. The van der Waals surface area contributed by atoms with Crippen LogP contribution < -0.4 is 10.6 Å². The monoisotopic (exact) mass is 271 g/mol. The third-order valence-corrected chi connectivity index (χ3v) is 4.13. The summed E-state index contributed by atoms with van der Waals surface area (Å²) < 4.78 is 0. The predicted octanol–water partition coefficient (Wildman–Crippen LogP) is 2.72. The zero-order valence-electron chi connectivity index (χ0n) is 13.5. The number of nitrogens with one attached hydrogen (secondary N) is 2. The van der Waals surface area contributed by atoms with Gasteiger partial charge < -0.3 is 15.5 Å². The summed E-state index contributed by atoms with van der Waals surface area (Å²) in [6.07, 6.45) is 5.43. The minimum Gasteiger partial charge on any atom is -0.317 e. The van der Waals surface area contributed by atoms with Crippen LogP contribution >= 0.6 is 0 Å². The summed E-state index contributed by atoms with van der Waals surface area (Å²) >= 11 is 0. The molecule has 0 spiro atoms. The molecule has 116 valence electrons. The standard InChI is InChI=1S/C14H29N3.C2H6.H2/c1-12(2)16-14-5-9-17(10-6-14)11-13-3-7-15-8-4-13;1-2;/h12-16H,3-11H2,1-2H3;1-2H3;1H. The molecule has 0 aromatic carbocycles. The molecule has 3 heteroatoms. The van der Waals surface area contributed by atoms with E-state index in [1.807, 2.05) is 13.8 Å². The van der Waals surface area contributed by atoms with Gasteiger partial charge in [-0.25, -0.2) is 0 Å². The molecular formula is C16H37N3. The van der Waals surface area contributed by atoms with Crippen molar-refractivity contribution in [3.8, 4) is 0 Å². The Morgan fingerprint density at radius 1 is 1.11 bits per heavy atom. The first-order chi connectivity index (χ1) is 9.24. The lowest BCUT2D eigenvalue weighted by Crippen LogP contribution is -2.46. The van der Waals surface area contributed by atoms with Gasteiger partial charge >= 0.3 is 0 Å². The fourth-order valence-corrected chi connectivity index (χ4v) is 3.18. The van der Waals surface area contributed by atoms with Crippen LogP contribution in [0.5, 0.6) is 0 Å². The van der Waals surface area contributed by atoms with Gasteiger partial charge in [-0.2, -0.15) is 0 Å². The average molecular weight is 271 g/mol.